The second-order valence-corrected chi connectivity index (χ2v) is 9.59. The average molecular weight is 398 g/mol. The Labute approximate surface area is 165 Å². The number of aryl methyl sites for hydroxylation is 1. The molecule has 2 aromatic rings. The summed E-state index contributed by atoms with van der Waals surface area (Å²) in [6.45, 7) is 2.53. The fourth-order valence-corrected chi connectivity index (χ4v) is 6.03. The smallest absolute Gasteiger partial charge is 0.264 e. The van der Waals surface area contributed by atoms with Crippen LogP contribution in [-0.4, -0.2) is 34.0 Å². The minimum Gasteiger partial charge on any atom is -0.371 e. The van der Waals surface area contributed by atoms with Crippen molar-refractivity contribution < 1.29 is 13.2 Å². The molecule has 0 aliphatic carbocycles. The highest BCUT2D eigenvalue weighted by atomic mass is 32.2. The molecule has 0 saturated carbocycles. The standard InChI is InChI=1S/C21H23N3O3S/c25-21-13-16-12-18(7-8-19(16)22-21)28(26,27)24-11-3-4-15-5-6-17(14-20(15)24)23-9-1-2-10-23/h5-8,12,14H,1-4,9-11,13H2,(H,22,25). The number of anilines is 3. The summed E-state index contributed by atoms with van der Waals surface area (Å²) in [5.41, 5.74) is 4.43. The highest BCUT2D eigenvalue weighted by Crippen LogP contribution is 2.36. The lowest BCUT2D eigenvalue weighted by Gasteiger charge is -2.32. The number of rotatable bonds is 3. The van der Waals surface area contributed by atoms with Crippen molar-refractivity contribution >= 4 is 33.0 Å². The first kappa shape index (κ1) is 17.6. The molecule has 3 heterocycles. The summed E-state index contributed by atoms with van der Waals surface area (Å²) in [5, 5.41) is 2.76. The molecule has 0 atom stereocenters. The summed E-state index contributed by atoms with van der Waals surface area (Å²) < 4.78 is 28.5. The first-order chi connectivity index (χ1) is 13.5. The van der Waals surface area contributed by atoms with Crippen molar-refractivity contribution in [2.75, 3.05) is 34.2 Å². The van der Waals surface area contributed by atoms with E-state index in [-0.39, 0.29) is 17.2 Å². The molecule has 7 heteroatoms. The van der Waals surface area contributed by atoms with E-state index < -0.39 is 10.0 Å². The maximum absolute atomic E-state index is 13.5. The molecule has 0 spiro atoms. The van der Waals surface area contributed by atoms with Gasteiger partial charge in [-0.05, 0) is 67.1 Å². The van der Waals surface area contributed by atoms with E-state index >= 15 is 0 Å². The van der Waals surface area contributed by atoms with Gasteiger partial charge in [-0.2, -0.15) is 0 Å². The zero-order valence-corrected chi connectivity index (χ0v) is 16.5. The van der Waals surface area contributed by atoms with Gasteiger partial charge in [0.25, 0.3) is 10.0 Å². The van der Waals surface area contributed by atoms with Crippen molar-refractivity contribution in [3.8, 4) is 0 Å². The molecule has 1 N–H and O–H groups in total. The van der Waals surface area contributed by atoms with Crippen molar-refractivity contribution in [1.29, 1.82) is 0 Å². The molecule has 1 fully saturated rings. The van der Waals surface area contributed by atoms with Gasteiger partial charge in [-0.3, -0.25) is 9.10 Å². The van der Waals surface area contributed by atoms with Crippen molar-refractivity contribution in [1.82, 2.24) is 0 Å². The van der Waals surface area contributed by atoms with Gasteiger partial charge in [0.05, 0.1) is 17.0 Å². The molecule has 1 saturated heterocycles. The van der Waals surface area contributed by atoms with E-state index in [9.17, 15) is 13.2 Å². The fourth-order valence-electron chi connectivity index (χ4n) is 4.44. The Morgan fingerprint density at radius 2 is 1.71 bits per heavy atom. The van der Waals surface area contributed by atoms with E-state index in [0.29, 0.717) is 12.2 Å². The molecular formula is C21H23N3O3S. The van der Waals surface area contributed by atoms with Gasteiger partial charge in [-0.1, -0.05) is 6.07 Å². The minimum absolute atomic E-state index is 0.0943. The van der Waals surface area contributed by atoms with Crippen LogP contribution < -0.4 is 14.5 Å². The number of carbonyl (C=O) groups excluding carboxylic acids is 1. The van der Waals surface area contributed by atoms with E-state index in [2.05, 4.69) is 22.3 Å². The van der Waals surface area contributed by atoms with Gasteiger partial charge in [0.1, 0.15) is 0 Å². The molecule has 28 heavy (non-hydrogen) atoms. The molecule has 3 aliphatic rings. The number of sulfonamides is 1. The molecule has 0 aromatic heterocycles. The monoisotopic (exact) mass is 397 g/mol. The Bertz CT molecular complexity index is 1060. The molecule has 0 bridgehead atoms. The minimum atomic E-state index is -3.68. The Kier molecular flexibility index (Phi) is 4.08. The average Bonchev–Trinajstić information content (AvgIpc) is 3.35. The van der Waals surface area contributed by atoms with Gasteiger partial charge >= 0.3 is 0 Å². The van der Waals surface area contributed by atoms with Crippen LogP contribution >= 0.6 is 0 Å². The van der Waals surface area contributed by atoms with Crippen LogP contribution in [0.3, 0.4) is 0 Å². The van der Waals surface area contributed by atoms with Crippen LogP contribution in [0.5, 0.6) is 0 Å². The topological polar surface area (TPSA) is 69.7 Å². The lowest BCUT2D eigenvalue weighted by molar-refractivity contribution is -0.115. The van der Waals surface area contributed by atoms with Crippen LogP contribution in [0.15, 0.2) is 41.3 Å². The number of nitrogens with zero attached hydrogens (tertiary/aromatic N) is 2. The highest BCUT2D eigenvalue weighted by molar-refractivity contribution is 7.92. The molecule has 146 valence electrons. The second kappa shape index (κ2) is 6.51. The number of fused-ring (bicyclic) bond motifs is 2. The van der Waals surface area contributed by atoms with Gasteiger partial charge in [0, 0.05) is 31.0 Å². The van der Waals surface area contributed by atoms with Crippen molar-refractivity contribution in [2.45, 2.75) is 37.0 Å². The number of benzene rings is 2. The normalized spacial score (nSPS) is 18.8. The quantitative estimate of drug-likeness (QED) is 0.865. The summed E-state index contributed by atoms with van der Waals surface area (Å²) in [5.74, 6) is -0.0943. The maximum Gasteiger partial charge on any atom is 0.264 e. The van der Waals surface area contributed by atoms with Gasteiger partial charge in [-0.25, -0.2) is 8.42 Å². The van der Waals surface area contributed by atoms with Crippen LogP contribution in [0.1, 0.15) is 30.4 Å². The largest absolute Gasteiger partial charge is 0.371 e. The highest BCUT2D eigenvalue weighted by Gasteiger charge is 2.31. The zero-order valence-electron chi connectivity index (χ0n) is 15.6. The summed E-state index contributed by atoms with van der Waals surface area (Å²) in [4.78, 5) is 14.2. The maximum atomic E-state index is 13.5. The Hall–Kier alpha value is -2.54. The van der Waals surface area contributed by atoms with E-state index in [1.807, 2.05) is 6.07 Å². The number of hydrogen-bond donors (Lipinski definition) is 1. The van der Waals surface area contributed by atoms with Crippen LogP contribution in [0, 0.1) is 0 Å². The molecule has 1 amide bonds. The molecule has 3 aliphatic heterocycles. The number of amides is 1. The summed E-state index contributed by atoms with van der Waals surface area (Å²) in [6.07, 6.45) is 4.29. The summed E-state index contributed by atoms with van der Waals surface area (Å²) in [6, 6.07) is 11.2. The predicted molar refractivity (Wildman–Crippen MR) is 110 cm³/mol. The third-order valence-electron chi connectivity index (χ3n) is 5.91. The Balaban J connectivity index is 1.54. The number of nitrogens with one attached hydrogen (secondary N) is 1. The molecule has 0 radical (unpaired) electrons. The van der Waals surface area contributed by atoms with Crippen LogP contribution in [0.4, 0.5) is 17.1 Å². The Morgan fingerprint density at radius 1 is 0.893 bits per heavy atom. The fraction of sp³-hybridized carbons (Fsp3) is 0.381. The second-order valence-electron chi connectivity index (χ2n) is 7.73. The van der Waals surface area contributed by atoms with Crippen LogP contribution in [0.2, 0.25) is 0 Å². The summed E-state index contributed by atoms with van der Waals surface area (Å²) in [7, 11) is -3.68. The molecule has 2 aromatic carbocycles. The molecule has 5 rings (SSSR count). The summed E-state index contributed by atoms with van der Waals surface area (Å²) >= 11 is 0. The Morgan fingerprint density at radius 3 is 2.54 bits per heavy atom. The number of carbonyl (C=O) groups is 1. The molecule has 0 unspecified atom stereocenters. The zero-order chi connectivity index (χ0) is 19.3. The van der Waals surface area contributed by atoms with Crippen LogP contribution in [0.25, 0.3) is 0 Å². The van der Waals surface area contributed by atoms with Gasteiger partial charge in [0.2, 0.25) is 5.91 Å². The first-order valence-corrected chi connectivity index (χ1v) is 11.3. The predicted octanol–water partition coefficient (Wildman–Crippen LogP) is 2.92. The first-order valence-electron chi connectivity index (χ1n) is 9.86. The molecule has 6 nitrogen and oxygen atoms in total. The van der Waals surface area contributed by atoms with Gasteiger partial charge < -0.3 is 10.2 Å². The van der Waals surface area contributed by atoms with Crippen molar-refractivity contribution in [3.63, 3.8) is 0 Å². The van der Waals surface area contributed by atoms with Gasteiger partial charge in [0.15, 0.2) is 0 Å². The SMILES string of the molecule is O=C1Cc2cc(S(=O)(=O)N3CCCc4ccc(N5CCCC5)cc43)ccc2N1. The third kappa shape index (κ3) is 2.85. The van der Waals surface area contributed by atoms with Crippen LogP contribution in [-0.2, 0) is 27.7 Å². The van der Waals surface area contributed by atoms with E-state index in [1.54, 1.807) is 22.5 Å². The van der Waals surface area contributed by atoms with E-state index in [1.165, 1.54) is 12.8 Å². The lowest BCUT2D eigenvalue weighted by atomic mass is 10.0. The van der Waals surface area contributed by atoms with Crippen molar-refractivity contribution in [3.05, 3.63) is 47.5 Å². The van der Waals surface area contributed by atoms with E-state index in [0.717, 1.165) is 48.4 Å². The third-order valence-corrected chi connectivity index (χ3v) is 7.72. The van der Waals surface area contributed by atoms with E-state index in [4.69, 9.17) is 0 Å². The van der Waals surface area contributed by atoms with Gasteiger partial charge in [-0.15, -0.1) is 0 Å². The molecular weight excluding hydrogens is 374 g/mol. The van der Waals surface area contributed by atoms with Crippen molar-refractivity contribution in [2.24, 2.45) is 0 Å². The lowest BCUT2D eigenvalue weighted by Crippen LogP contribution is -2.35. The number of hydrogen-bond acceptors (Lipinski definition) is 4.